The van der Waals surface area contributed by atoms with Crippen LogP contribution >= 0.6 is 23.4 Å². The van der Waals surface area contributed by atoms with E-state index in [0.29, 0.717) is 27.9 Å². The van der Waals surface area contributed by atoms with Crippen LogP contribution in [0.15, 0.2) is 90.6 Å². The van der Waals surface area contributed by atoms with E-state index >= 15 is 0 Å². The van der Waals surface area contributed by atoms with Gasteiger partial charge in [-0.05, 0) is 39.8 Å². The van der Waals surface area contributed by atoms with Crippen LogP contribution in [0.4, 0.5) is 0 Å². The predicted octanol–water partition coefficient (Wildman–Crippen LogP) is 5.73. The van der Waals surface area contributed by atoms with Crippen molar-refractivity contribution in [2.75, 3.05) is 5.75 Å². The Morgan fingerprint density at radius 3 is 2.27 bits per heavy atom. The lowest BCUT2D eigenvalue weighted by Gasteiger charge is -2.17. The molecule has 8 heteroatoms. The first-order chi connectivity index (χ1) is 16.0. The number of hydrogen-bond acceptors (Lipinski definition) is 6. The topological polar surface area (TPSA) is 80.9 Å². The Hall–Kier alpha value is -3.42. The Labute approximate surface area is 200 Å². The van der Waals surface area contributed by atoms with Crippen molar-refractivity contribution in [3.05, 3.63) is 107 Å². The van der Waals surface area contributed by atoms with Gasteiger partial charge < -0.3 is 5.11 Å². The molecule has 4 aromatic rings. The number of benzene rings is 3. The molecule has 0 saturated carbocycles. The maximum absolute atomic E-state index is 13.0. The average molecular weight is 477 g/mol. The van der Waals surface area contributed by atoms with Crippen LogP contribution in [0.3, 0.4) is 0 Å². The number of aromatic nitrogens is 4. The smallest absolute Gasteiger partial charge is 0.214 e. The molecule has 0 fully saturated rings. The molecule has 6 nitrogen and oxygen atoms in total. The molecular formula is C25H21ClN4O2S. The maximum Gasteiger partial charge on any atom is 0.214 e. The molecular weight excluding hydrogens is 456 g/mol. The van der Waals surface area contributed by atoms with Crippen molar-refractivity contribution in [1.29, 1.82) is 0 Å². The Balaban J connectivity index is 1.49. The molecule has 0 atom stereocenters. The summed E-state index contributed by atoms with van der Waals surface area (Å²) in [4.78, 5) is 13.0. The number of tetrazole rings is 1. The van der Waals surface area contributed by atoms with E-state index in [1.807, 2.05) is 60.7 Å². The summed E-state index contributed by atoms with van der Waals surface area (Å²) in [6, 6.07) is 25.1. The van der Waals surface area contributed by atoms with E-state index in [2.05, 4.69) is 22.1 Å². The summed E-state index contributed by atoms with van der Waals surface area (Å²) >= 11 is 7.38. The van der Waals surface area contributed by atoms with Gasteiger partial charge in [-0.25, -0.2) is 0 Å². The van der Waals surface area contributed by atoms with Crippen molar-refractivity contribution in [1.82, 2.24) is 20.2 Å². The summed E-state index contributed by atoms with van der Waals surface area (Å²) in [5, 5.41) is 22.4. The van der Waals surface area contributed by atoms with Crippen LogP contribution in [-0.4, -0.2) is 36.8 Å². The van der Waals surface area contributed by atoms with E-state index in [4.69, 9.17) is 11.6 Å². The summed E-state index contributed by atoms with van der Waals surface area (Å²) in [5.74, 6) is 0.148. The third kappa shape index (κ3) is 5.50. The van der Waals surface area contributed by atoms with Crippen LogP contribution in [0.25, 0.3) is 11.4 Å². The number of carbonyl (C=O) groups excluding carboxylic acids is 1. The number of ketones is 1. The van der Waals surface area contributed by atoms with Crippen molar-refractivity contribution < 1.29 is 9.90 Å². The van der Waals surface area contributed by atoms with Crippen molar-refractivity contribution >= 4 is 34.9 Å². The average Bonchev–Trinajstić information content (AvgIpc) is 3.31. The molecule has 3 aromatic carbocycles. The highest BCUT2D eigenvalue weighted by Crippen LogP contribution is 2.30. The van der Waals surface area contributed by atoms with Crippen molar-refractivity contribution in [3.63, 3.8) is 0 Å². The van der Waals surface area contributed by atoms with E-state index in [1.165, 1.54) is 16.4 Å². The largest absolute Gasteiger partial charge is 0.508 e. The molecule has 33 heavy (non-hydrogen) atoms. The van der Waals surface area contributed by atoms with Gasteiger partial charge in [-0.2, -0.15) is 4.68 Å². The first-order valence-corrected chi connectivity index (χ1v) is 11.6. The van der Waals surface area contributed by atoms with Crippen LogP contribution in [0, 0.1) is 0 Å². The highest BCUT2D eigenvalue weighted by molar-refractivity contribution is 7.99. The molecule has 0 aliphatic rings. The second kappa shape index (κ2) is 10.5. The maximum atomic E-state index is 13.0. The van der Waals surface area contributed by atoms with Crippen LogP contribution in [-0.2, 0) is 4.79 Å². The van der Waals surface area contributed by atoms with Crippen LogP contribution in [0.1, 0.15) is 29.0 Å². The van der Waals surface area contributed by atoms with E-state index in [-0.39, 0.29) is 23.2 Å². The van der Waals surface area contributed by atoms with Crippen LogP contribution in [0.2, 0.25) is 5.02 Å². The molecule has 4 rings (SSSR count). The van der Waals surface area contributed by atoms with E-state index in [1.54, 1.807) is 18.2 Å². The number of halogens is 1. The fourth-order valence-corrected chi connectivity index (χ4v) is 4.52. The van der Waals surface area contributed by atoms with E-state index < -0.39 is 0 Å². The number of aliphatic hydroxyl groups excluding tert-OH is 1. The zero-order valence-corrected chi connectivity index (χ0v) is 19.2. The van der Waals surface area contributed by atoms with Gasteiger partial charge in [0.15, 0.2) is 0 Å². The van der Waals surface area contributed by atoms with E-state index in [0.717, 1.165) is 11.1 Å². The number of carbonyl (C=O) groups is 1. The Morgan fingerprint density at radius 1 is 1.03 bits per heavy atom. The van der Waals surface area contributed by atoms with Crippen molar-refractivity contribution in [2.45, 2.75) is 17.5 Å². The van der Waals surface area contributed by atoms with E-state index in [9.17, 15) is 9.90 Å². The minimum atomic E-state index is -0.146. The highest BCUT2D eigenvalue weighted by Gasteiger charge is 2.20. The molecule has 0 aliphatic carbocycles. The van der Waals surface area contributed by atoms with Crippen molar-refractivity contribution in [2.24, 2.45) is 0 Å². The number of thioether (sulfide) groups is 1. The second-order valence-corrected chi connectivity index (χ2v) is 8.74. The molecule has 0 amide bonds. The molecule has 0 radical (unpaired) electrons. The lowest BCUT2D eigenvalue weighted by atomic mass is 9.87. The van der Waals surface area contributed by atoms with Gasteiger partial charge in [-0.3, -0.25) is 4.79 Å². The monoisotopic (exact) mass is 476 g/mol. The normalized spacial score (nSPS) is 11.0. The molecule has 0 unspecified atom stereocenters. The number of Topliss-reactive ketones (excluding diaryl/α,β-unsaturated/α-hetero) is 1. The third-order valence-electron chi connectivity index (χ3n) is 5.14. The zero-order valence-electron chi connectivity index (χ0n) is 17.6. The summed E-state index contributed by atoms with van der Waals surface area (Å²) in [6.07, 6.45) is 0.373. The summed E-state index contributed by atoms with van der Waals surface area (Å²) in [5.41, 5.74) is 3.20. The Kier molecular flexibility index (Phi) is 7.22. The number of nitrogens with zero attached hydrogens (tertiary/aromatic N) is 4. The first-order valence-electron chi connectivity index (χ1n) is 10.2. The van der Waals surface area contributed by atoms with Crippen molar-refractivity contribution in [3.8, 4) is 5.69 Å². The van der Waals surface area contributed by atoms with Gasteiger partial charge in [-0.1, -0.05) is 90.6 Å². The van der Waals surface area contributed by atoms with Gasteiger partial charge >= 0.3 is 0 Å². The molecule has 0 saturated heterocycles. The van der Waals surface area contributed by atoms with Crippen LogP contribution < -0.4 is 0 Å². The first kappa shape index (κ1) is 22.8. The predicted molar refractivity (Wildman–Crippen MR) is 131 cm³/mol. The lowest BCUT2D eigenvalue weighted by Crippen LogP contribution is -2.11. The molecule has 0 aliphatic heterocycles. The summed E-state index contributed by atoms with van der Waals surface area (Å²) in [7, 11) is 0. The second-order valence-electron chi connectivity index (χ2n) is 7.39. The Bertz CT molecular complexity index is 1220. The van der Waals surface area contributed by atoms with Gasteiger partial charge in [0.1, 0.15) is 11.5 Å². The minimum Gasteiger partial charge on any atom is -0.508 e. The molecule has 1 aromatic heterocycles. The standard InChI is InChI=1S/C25H21ClN4O2S/c1-17(31)22-14-20(12-13-24(22)26)30-25(27-28-29-30)33-16-21(32)15-23(18-8-4-2-5-9-18)19-10-6-3-7-11-19/h2-14,23,31H,1,15-16H2. The summed E-state index contributed by atoms with van der Waals surface area (Å²) in [6.45, 7) is 3.53. The molecule has 166 valence electrons. The van der Waals surface area contributed by atoms with Gasteiger partial charge in [0.05, 0.1) is 16.5 Å². The Morgan fingerprint density at radius 2 is 1.67 bits per heavy atom. The van der Waals surface area contributed by atoms with Gasteiger partial charge in [0.25, 0.3) is 0 Å². The molecule has 1 heterocycles. The fourth-order valence-electron chi connectivity index (χ4n) is 3.53. The number of aliphatic hydroxyl groups is 1. The molecule has 0 bridgehead atoms. The quantitative estimate of drug-likeness (QED) is 0.245. The third-order valence-corrected chi connectivity index (χ3v) is 6.45. The summed E-state index contributed by atoms with van der Waals surface area (Å²) < 4.78 is 1.51. The van der Waals surface area contributed by atoms with Gasteiger partial charge in [0.2, 0.25) is 5.16 Å². The number of rotatable bonds is 9. The zero-order chi connectivity index (χ0) is 23.2. The lowest BCUT2D eigenvalue weighted by molar-refractivity contribution is -0.116. The molecule has 1 N–H and O–H groups in total. The van der Waals surface area contributed by atoms with Crippen LogP contribution in [0.5, 0.6) is 0 Å². The minimum absolute atomic E-state index is 0.0223. The SMILES string of the molecule is C=C(O)c1cc(-n2nnnc2SCC(=O)CC(c2ccccc2)c2ccccc2)ccc1Cl. The molecule has 0 spiro atoms. The van der Waals surface area contributed by atoms with Gasteiger partial charge in [0, 0.05) is 17.9 Å². The fraction of sp³-hybridized carbons (Fsp3) is 0.120. The highest BCUT2D eigenvalue weighted by atomic mass is 35.5. The number of hydrogen-bond donors (Lipinski definition) is 1. The van der Waals surface area contributed by atoms with Gasteiger partial charge in [-0.15, -0.1) is 5.10 Å².